The molecule has 0 bridgehead atoms. The van der Waals surface area contributed by atoms with Crippen molar-refractivity contribution in [2.75, 3.05) is 5.43 Å². The lowest BCUT2D eigenvalue weighted by molar-refractivity contribution is 0.472. The molecule has 4 aromatic rings. The lowest BCUT2D eigenvalue weighted by Gasteiger charge is -2.15. The van der Waals surface area contributed by atoms with Crippen molar-refractivity contribution in [2.24, 2.45) is 5.10 Å². The fraction of sp³-hybridized carbons (Fsp3) is 0.125. The van der Waals surface area contributed by atoms with Gasteiger partial charge in [0.2, 0.25) is 5.95 Å². The molecule has 0 saturated heterocycles. The van der Waals surface area contributed by atoms with E-state index in [0.717, 1.165) is 11.1 Å². The second-order valence-corrected chi connectivity index (χ2v) is 7.35. The summed E-state index contributed by atoms with van der Waals surface area (Å²) in [5.41, 5.74) is 6.38. The van der Waals surface area contributed by atoms with E-state index in [4.69, 9.17) is 0 Å². The number of hydrogen-bond donors (Lipinski definition) is 2. The van der Waals surface area contributed by atoms with E-state index < -0.39 is 5.82 Å². The van der Waals surface area contributed by atoms with Gasteiger partial charge in [0.15, 0.2) is 0 Å². The molecule has 0 unspecified atom stereocenters. The molecule has 1 heterocycles. The Kier molecular flexibility index (Phi) is 5.25. The number of rotatable bonds is 4. The molecule has 0 aliphatic heterocycles. The Morgan fingerprint density at radius 2 is 1.87 bits per heavy atom. The highest BCUT2D eigenvalue weighted by Gasteiger charge is 2.15. The van der Waals surface area contributed by atoms with Gasteiger partial charge in [0.1, 0.15) is 11.6 Å². The topological polar surface area (TPSA) is 79.5 Å². The zero-order chi connectivity index (χ0) is 22.1. The summed E-state index contributed by atoms with van der Waals surface area (Å²) in [6.07, 6.45) is 0. The maximum atomic E-state index is 13.6. The van der Waals surface area contributed by atoms with Gasteiger partial charge in [-0.2, -0.15) is 5.10 Å². The van der Waals surface area contributed by atoms with E-state index in [9.17, 15) is 14.3 Å². The minimum atomic E-state index is -0.488. The van der Waals surface area contributed by atoms with Crippen LogP contribution >= 0.6 is 0 Å². The number of phenols is 1. The number of fused-ring (bicyclic) bond motifs is 1. The molecule has 3 aromatic carbocycles. The van der Waals surface area contributed by atoms with Gasteiger partial charge in [-0.3, -0.25) is 4.79 Å². The van der Waals surface area contributed by atoms with Gasteiger partial charge >= 0.3 is 0 Å². The van der Waals surface area contributed by atoms with Crippen molar-refractivity contribution in [3.63, 3.8) is 0 Å². The Labute approximate surface area is 178 Å². The van der Waals surface area contributed by atoms with Gasteiger partial charge in [0.05, 0.1) is 22.3 Å². The van der Waals surface area contributed by atoms with E-state index in [1.807, 2.05) is 32.0 Å². The third kappa shape index (κ3) is 3.90. The van der Waals surface area contributed by atoms with Crippen molar-refractivity contribution in [1.29, 1.82) is 0 Å². The third-order valence-electron chi connectivity index (χ3n) is 5.04. The number of hydrazone groups is 1. The molecule has 156 valence electrons. The first kappa shape index (κ1) is 20.3. The Hall–Kier alpha value is -4.00. The number of halogens is 1. The minimum Gasteiger partial charge on any atom is -0.507 e. The van der Waals surface area contributed by atoms with Crippen molar-refractivity contribution >= 4 is 22.6 Å². The second kappa shape index (κ2) is 8.02. The Bertz CT molecular complexity index is 1390. The van der Waals surface area contributed by atoms with Crippen LogP contribution < -0.4 is 11.0 Å². The monoisotopic (exact) mass is 416 g/mol. The molecule has 1 aromatic heterocycles. The molecule has 0 aliphatic carbocycles. The smallest absolute Gasteiger partial charge is 0.267 e. The van der Waals surface area contributed by atoms with Gasteiger partial charge in [0.25, 0.3) is 5.56 Å². The van der Waals surface area contributed by atoms with E-state index in [-0.39, 0.29) is 22.8 Å². The van der Waals surface area contributed by atoms with Crippen LogP contribution in [0.1, 0.15) is 23.6 Å². The molecule has 6 nitrogen and oxygen atoms in total. The number of anilines is 1. The van der Waals surface area contributed by atoms with Crippen LogP contribution in [0.15, 0.2) is 70.6 Å². The van der Waals surface area contributed by atoms with Gasteiger partial charge in [-0.25, -0.2) is 19.4 Å². The number of aromatic hydroxyl groups is 1. The van der Waals surface area contributed by atoms with E-state index in [0.29, 0.717) is 22.3 Å². The summed E-state index contributed by atoms with van der Waals surface area (Å²) in [4.78, 5) is 17.9. The van der Waals surface area contributed by atoms with Gasteiger partial charge in [0, 0.05) is 5.56 Å². The van der Waals surface area contributed by atoms with Crippen LogP contribution in [0.4, 0.5) is 10.3 Å². The number of nitrogens with zero attached hydrogens (tertiary/aromatic N) is 3. The lowest BCUT2D eigenvalue weighted by atomic mass is 10.1. The summed E-state index contributed by atoms with van der Waals surface area (Å²) in [6.45, 7) is 5.53. The minimum absolute atomic E-state index is 0.0947. The standard InChI is InChI=1S/C24H21FN4O2/c1-14-8-10-21(15(2)12-14)29-23(31)18-6-4-5-7-20(18)26-24(29)28-27-16(3)19-13-17(25)9-11-22(19)30/h4-13,30H,1-3H3,(H,26,28)/b27-16+. The molecule has 0 aliphatic rings. The SMILES string of the molecule is C/C(=N\Nc1nc2ccccc2c(=O)n1-c1ccc(C)cc1C)c1cc(F)ccc1O. The first-order chi connectivity index (χ1) is 14.8. The molecule has 0 fully saturated rings. The van der Waals surface area contributed by atoms with Crippen LogP contribution in [-0.2, 0) is 0 Å². The highest BCUT2D eigenvalue weighted by molar-refractivity contribution is 6.01. The predicted molar refractivity (Wildman–Crippen MR) is 121 cm³/mol. The van der Waals surface area contributed by atoms with E-state index in [2.05, 4.69) is 15.5 Å². The Balaban J connectivity index is 1.88. The first-order valence-electron chi connectivity index (χ1n) is 9.74. The fourth-order valence-electron chi connectivity index (χ4n) is 3.48. The average Bonchev–Trinajstić information content (AvgIpc) is 2.75. The summed E-state index contributed by atoms with van der Waals surface area (Å²) >= 11 is 0. The van der Waals surface area contributed by atoms with Crippen LogP contribution in [0.2, 0.25) is 0 Å². The van der Waals surface area contributed by atoms with E-state index in [1.54, 1.807) is 31.2 Å². The quantitative estimate of drug-likeness (QED) is 0.374. The van der Waals surface area contributed by atoms with Crippen LogP contribution in [0, 0.1) is 19.7 Å². The summed E-state index contributed by atoms with van der Waals surface area (Å²) in [5, 5.41) is 14.8. The summed E-state index contributed by atoms with van der Waals surface area (Å²) < 4.78 is 15.1. The largest absolute Gasteiger partial charge is 0.507 e. The maximum absolute atomic E-state index is 13.6. The number of aromatic nitrogens is 2. The molecule has 0 atom stereocenters. The van der Waals surface area contributed by atoms with Crippen LogP contribution in [-0.4, -0.2) is 20.4 Å². The number of phenolic OH excluding ortho intramolecular Hbond substituents is 1. The Morgan fingerprint density at radius 3 is 2.65 bits per heavy atom. The summed E-state index contributed by atoms with van der Waals surface area (Å²) in [6, 6.07) is 16.5. The number of nitrogens with one attached hydrogen (secondary N) is 1. The normalized spacial score (nSPS) is 11.7. The highest BCUT2D eigenvalue weighted by Crippen LogP contribution is 2.22. The van der Waals surface area contributed by atoms with Crippen molar-refractivity contribution in [1.82, 2.24) is 9.55 Å². The first-order valence-corrected chi connectivity index (χ1v) is 9.74. The maximum Gasteiger partial charge on any atom is 0.267 e. The molecular formula is C24H21FN4O2. The van der Waals surface area contributed by atoms with Gasteiger partial charge in [-0.1, -0.05) is 29.8 Å². The van der Waals surface area contributed by atoms with Crippen molar-refractivity contribution in [3.8, 4) is 11.4 Å². The molecule has 0 spiro atoms. The average molecular weight is 416 g/mol. The number of hydrogen-bond acceptors (Lipinski definition) is 5. The molecule has 7 heteroatoms. The third-order valence-corrected chi connectivity index (χ3v) is 5.04. The number of benzene rings is 3. The van der Waals surface area contributed by atoms with Crippen molar-refractivity contribution in [2.45, 2.75) is 20.8 Å². The number of aryl methyl sites for hydroxylation is 2. The molecule has 0 radical (unpaired) electrons. The zero-order valence-corrected chi connectivity index (χ0v) is 17.3. The molecule has 0 amide bonds. The lowest BCUT2D eigenvalue weighted by Crippen LogP contribution is -2.23. The van der Waals surface area contributed by atoms with Gasteiger partial charge in [-0.05, 0) is 62.7 Å². The highest BCUT2D eigenvalue weighted by atomic mass is 19.1. The fourth-order valence-corrected chi connectivity index (χ4v) is 3.48. The molecule has 0 saturated carbocycles. The molecule has 2 N–H and O–H groups in total. The van der Waals surface area contributed by atoms with E-state index in [1.165, 1.54) is 22.8 Å². The molecular weight excluding hydrogens is 395 g/mol. The van der Waals surface area contributed by atoms with Crippen LogP contribution in [0.3, 0.4) is 0 Å². The number of para-hydroxylation sites is 1. The van der Waals surface area contributed by atoms with Gasteiger partial charge in [-0.15, -0.1) is 0 Å². The van der Waals surface area contributed by atoms with Crippen LogP contribution in [0.5, 0.6) is 5.75 Å². The van der Waals surface area contributed by atoms with E-state index >= 15 is 0 Å². The summed E-state index contributed by atoms with van der Waals surface area (Å²) in [5.74, 6) is -0.369. The predicted octanol–water partition coefficient (Wildman–Crippen LogP) is 4.68. The Morgan fingerprint density at radius 1 is 1.10 bits per heavy atom. The van der Waals surface area contributed by atoms with Gasteiger partial charge < -0.3 is 5.11 Å². The van der Waals surface area contributed by atoms with Crippen molar-refractivity contribution in [3.05, 3.63) is 93.5 Å². The zero-order valence-electron chi connectivity index (χ0n) is 17.3. The summed E-state index contributed by atoms with van der Waals surface area (Å²) in [7, 11) is 0. The molecule has 4 rings (SSSR count). The van der Waals surface area contributed by atoms with Crippen molar-refractivity contribution < 1.29 is 9.50 Å². The second-order valence-electron chi connectivity index (χ2n) is 7.35. The van der Waals surface area contributed by atoms with Crippen LogP contribution in [0.25, 0.3) is 16.6 Å². The molecule has 31 heavy (non-hydrogen) atoms.